The first-order valence-corrected chi connectivity index (χ1v) is 12.0. The van der Waals surface area contributed by atoms with Gasteiger partial charge in [0.05, 0.1) is 29.9 Å². The van der Waals surface area contributed by atoms with Gasteiger partial charge in [-0.1, -0.05) is 0 Å². The molecule has 2 saturated heterocycles. The molecule has 0 radical (unpaired) electrons. The van der Waals surface area contributed by atoms with Crippen molar-refractivity contribution >= 4 is 16.8 Å². The summed E-state index contributed by atoms with van der Waals surface area (Å²) >= 11 is 0. The van der Waals surface area contributed by atoms with Crippen LogP contribution in [0, 0.1) is 6.92 Å². The van der Waals surface area contributed by atoms with Gasteiger partial charge in [-0.2, -0.15) is 0 Å². The number of fused-ring (bicyclic) bond motifs is 1. The van der Waals surface area contributed by atoms with Gasteiger partial charge in [0.15, 0.2) is 0 Å². The van der Waals surface area contributed by atoms with Gasteiger partial charge in [0.2, 0.25) is 0 Å². The molecule has 1 unspecified atom stereocenters. The maximum Gasteiger partial charge on any atom is 0.257 e. The SMILES string of the molecule is COc1ccc2c(CN3CCCC3c3ncc(C(=O)N4CCCCC4)c(C)n3)cn(C)c2c1. The Balaban J connectivity index is 1.36. The monoisotopic (exact) mass is 447 g/mol. The maximum atomic E-state index is 13.0. The Hall–Kier alpha value is -2.93. The molecule has 2 aliphatic heterocycles. The Labute approximate surface area is 195 Å². The van der Waals surface area contributed by atoms with Gasteiger partial charge in [0.1, 0.15) is 11.6 Å². The molecule has 174 valence electrons. The highest BCUT2D eigenvalue weighted by Crippen LogP contribution is 2.34. The molecule has 33 heavy (non-hydrogen) atoms. The van der Waals surface area contributed by atoms with E-state index in [9.17, 15) is 4.79 Å². The highest BCUT2D eigenvalue weighted by Gasteiger charge is 2.30. The first kappa shape index (κ1) is 21.9. The van der Waals surface area contributed by atoms with Crippen LogP contribution in [-0.2, 0) is 13.6 Å². The van der Waals surface area contributed by atoms with Crippen molar-refractivity contribution < 1.29 is 9.53 Å². The second kappa shape index (κ2) is 9.14. The van der Waals surface area contributed by atoms with E-state index in [-0.39, 0.29) is 11.9 Å². The molecule has 2 aliphatic rings. The summed E-state index contributed by atoms with van der Waals surface area (Å²) in [5.74, 6) is 1.78. The molecule has 7 heteroatoms. The maximum absolute atomic E-state index is 13.0. The van der Waals surface area contributed by atoms with Crippen LogP contribution in [0.1, 0.15) is 65.6 Å². The standard InChI is InChI=1S/C26H33N5O2/c1-18-22(26(32)30-11-5-4-6-12-30)15-27-25(28-18)23-8-7-13-31(23)17-19-16-29(2)24-14-20(33-3)9-10-21(19)24/h9-10,14-16,23H,4-8,11-13,17H2,1-3H3. The van der Waals surface area contributed by atoms with E-state index in [1.807, 2.05) is 17.9 Å². The minimum atomic E-state index is 0.0770. The van der Waals surface area contributed by atoms with Crippen LogP contribution in [0.15, 0.2) is 30.6 Å². The van der Waals surface area contributed by atoms with Crippen LogP contribution in [0.25, 0.3) is 10.9 Å². The number of ether oxygens (including phenoxy) is 1. The second-order valence-electron chi connectivity index (χ2n) is 9.36. The zero-order valence-corrected chi connectivity index (χ0v) is 19.9. The number of hydrogen-bond donors (Lipinski definition) is 0. The van der Waals surface area contributed by atoms with Crippen molar-refractivity contribution in [1.82, 2.24) is 24.3 Å². The van der Waals surface area contributed by atoms with Crippen molar-refractivity contribution in [2.24, 2.45) is 7.05 Å². The molecule has 4 heterocycles. The number of aromatic nitrogens is 3. The van der Waals surface area contributed by atoms with Crippen molar-refractivity contribution in [2.75, 3.05) is 26.7 Å². The third-order valence-electron chi connectivity index (χ3n) is 7.19. The third-order valence-corrected chi connectivity index (χ3v) is 7.19. The molecule has 0 saturated carbocycles. The minimum absolute atomic E-state index is 0.0770. The van der Waals surface area contributed by atoms with Gasteiger partial charge in [0.25, 0.3) is 5.91 Å². The lowest BCUT2D eigenvalue weighted by atomic mass is 10.1. The average molecular weight is 448 g/mol. The molecule has 5 rings (SSSR count). The number of amides is 1. The molecule has 1 aromatic carbocycles. The fourth-order valence-corrected chi connectivity index (χ4v) is 5.35. The quantitative estimate of drug-likeness (QED) is 0.585. The third kappa shape index (κ3) is 4.22. The number of nitrogens with zero attached hydrogens (tertiary/aromatic N) is 5. The van der Waals surface area contributed by atoms with Gasteiger partial charge < -0.3 is 14.2 Å². The summed E-state index contributed by atoms with van der Waals surface area (Å²) in [6.45, 7) is 5.50. The number of methoxy groups -OCH3 is 1. The highest BCUT2D eigenvalue weighted by atomic mass is 16.5. The zero-order chi connectivity index (χ0) is 22.9. The van der Waals surface area contributed by atoms with Gasteiger partial charge in [-0.05, 0) is 63.3 Å². The Morgan fingerprint density at radius 1 is 1.15 bits per heavy atom. The average Bonchev–Trinajstić information content (AvgIpc) is 3.43. The van der Waals surface area contributed by atoms with E-state index >= 15 is 0 Å². The molecule has 3 aromatic rings. The molecule has 0 aliphatic carbocycles. The molecule has 0 bridgehead atoms. The lowest BCUT2D eigenvalue weighted by molar-refractivity contribution is 0.0722. The second-order valence-corrected chi connectivity index (χ2v) is 9.36. The summed E-state index contributed by atoms with van der Waals surface area (Å²) in [6, 6.07) is 6.44. The first-order chi connectivity index (χ1) is 16.0. The molecular formula is C26H33N5O2. The minimum Gasteiger partial charge on any atom is -0.497 e. The number of carbonyl (C=O) groups is 1. The number of benzene rings is 1. The summed E-state index contributed by atoms with van der Waals surface area (Å²) < 4.78 is 7.57. The smallest absolute Gasteiger partial charge is 0.257 e. The Morgan fingerprint density at radius 2 is 1.97 bits per heavy atom. The predicted octanol–water partition coefficient (Wildman–Crippen LogP) is 4.25. The Kier molecular flexibility index (Phi) is 6.06. The molecular weight excluding hydrogens is 414 g/mol. The summed E-state index contributed by atoms with van der Waals surface area (Å²) in [4.78, 5) is 26.9. The highest BCUT2D eigenvalue weighted by molar-refractivity contribution is 5.95. The van der Waals surface area contributed by atoms with E-state index in [0.717, 1.165) is 69.1 Å². The molecule has 2 aromatic heterocycles. The number of rotatable bonds is 5. The van der Waals surface area contributed by atoms with E-state index in [1.54, 1.807) is 13.3 Å². The van der Waals surface area contributed by atoms with E-state index < -0.39 is 0 Å². The lowest BCUT2D eigenvalue weighted by Gasteiger charge is -2.27. The molecule has 0 N–H and O–H groups in total. The van der Waals surface area contributed by atoms with Crippen LogP contribution in [0.3, 0.4) is 0 Å². The molecule has 0 spiro atoms. The normalized spacial score (nSPS) is 19.4. The van der Waals surface area contributed by atoms with Crippen LogP contribution in [-0.4, -0.2) is 57.0 Å². The van der Waals surface area contributed by atoms with E-state index in [1.165, 1.54) is 22.9 Å². The van der Waals surface area contributed by atoms with Crippen molar-refractivity contribution in [3.63, 3.8) is 0 Å². The van der Waals surface area contributed by atoms with E-state index in [4.69, 9.17) is 14.7 Å². The Bertz CT molecular complexity index is 1160. The summed E-state index contributed by atoms with van der Waals surface area (Å²) in [6.07, 6.45) is 9.52. The van der Waals surface area contributed by atoms with Crippen LogP contribution < -0.4 is 4.74 Å². The van der Waals surface area contributed by atoms with Crippen LogP contribution in [0.2, 0.25) is 0 Å². The van der Waals surface area contributed by atoms with E-state index in [2.05, 4.69) is 34.8 Å². The first-order valence-electron chi connectivity index (χ1n) is 12.0. The topological polar surface area (TPSA) is 63.5 Å². The number of likely N-dealkylation sites (tertiary alicyclic amines) is 2. The van der Waals surface area contributed by atoms with Gasteiger partial charge in [0, 0.05) is 50.5 Å². The van der Waals surface area contributed by atoms with E-state index in [0.29, 0.717) is 5.56 Å². The molecule has 2 fully saturated rings. The number of carbonyl (C=O) groups excluding carboxylic acids is 1. The van der Waals surface area contributed by atoms with Crippen molar-refractivity contribution in [3.05, 3.63) is 53.2 Å². The Morgan fingerprint density at radius 3 is 2.73 bits per heavy atom. The fourth-order valence-electron chi connectivity index (χ4n) is 5.35. The molecule has 1 amide bonds. The van der Waals surface area contributed by atoms with Gasteiger partial charge in [-0.15, -0.1) is 0 Å². The summed E-state index contributed by atoms with van der Waals surface area (Å²) in [5, 5.41) is 1.25. The number of piperidine rings is 1. The summed E-state index contributed by atoms with van der Waals surface area (Å²) in [5.41, 5.74) is 3.91. The molecule has 7 nitrogen and oxygen atoms in total. The zero-order valence-electron chi connectivity index (χ0n) is 19.9. The van der Waals surface area contributed by atoms with Crippen LogP contribution in [0.5, 0.6) is 5.75 Å². The lowest BCUT2D eigenvalue weighted by Crippen LogP contribution is -2.36. The molecule has 1 atom stereocenters. The van der Waals surface area contributed by atoms with Crippen LogP contribution in [0.4, 0.5) is 0 Å². The number of aryl methyl sites for hydroxylation is 2. The number of hydrogen-bond acceptors (Lipinski definition) is 5. The van der Waals surface area contributed by atoms with Crippen LogP contribution >= 0.6 is 0 Å². The van der Waals surface area contributed by atoms with Gasteiger partial charge >= 0.3 is 0 Å². The fraction of sp³-hybridized carbons (Fsp3) is 0.500. The van der Waals surface area contributed by atoms with Crippen molar-refractivity contribution in [1.29, 1.82) is 0 Å². The van der Waals surface area contributed by atoms with Crippen molar-refractivity contribution in [3.8, 4) is 5.75 Å². The largest absolute Gasteiger partial charge is 0.497 e. The van der Waals surface area contributed by atoms with Gasteiger partial charge in [-0.25, -0.2) is 9.97 Å². The van der Waals surface area contributed by atoms with Crippen molar-refractivity contribution in [2.45, 2.75) is 51.6 Å². The summed E-state index contributed by atoms with van der Waals surface area (Å²) in [7, 11) is 3.78. The predicted molar refractivity (Wildman–Crippen MR) is 128 cm³/mol. The van der Waals surface area contributed by atoms with Gasteiger partial charge in [-0.3, -0.25) is 9.69 Å².